The molecule has 1 amide bonds. The molecule has 0 radical (unpaired) electrons. The number of carboxylic acids is 1. The van der Waals surface area contributed by atoms with Crippen LogP contribution >= 0.6 is 31.9 Å². The Bertz CT molecular complexity index is 497. The third kappa shape index (κ3) is 2.37. The van der Waals surface area contributed by atoms with Crippen LogP contribution < -0.4 is 5.32 Å². The first kappa shape index (κ1) is 12.6. The molecule has 90 valence electrons. The van der Waals surface area contributed by atoms with E-state index in [1.165, 1.54) is 0 Å². The van der Waals surface area contributed by atoms with Crippen molar-refractivity contribution < 1.29 is 14.7 Å². The van der Waals surface area contributed by atoms with Gasteiger partial charge < -0.3 is 10.4 Å². The molecule has 0 atom stereocenters. The predicted molar refractivity (Wildman–Crippen MR) is 69.8 cm³/mol. The minimum atomic E-state index is -1.22. The van der Waals surface area contributed by atoms with Gasteiger partial charge in [0, 0.05) is 8.95 Å². The molecule has 1 aliphatic rings. The van der Waals surface area contributed by atoms with E-state index in [9.17, 15) is 9.59 Å². The molecule has 0 spiro atoms. The van der Waals surface area contributed by atoms with E-state index < -0.39 is 17.3 Å². The Labute approximate surface area is 115 Å². The molecule has 0 aromatic heterocycles. The predicted octanol–water partition coefficient (Wildman–Crippen LogP) is 3.01. The third-order valence-electron chi connectivity index (χ3n) is 2.77. The number of benzene rings is 1. The van der Waals surface area contributed by atoms with Gasteiger partial charge in [0.05, 0.1) is 5.69 Å². The van der Waals surface area contributed by atoms with Crippen LogP contribution in [0.25, 0.3) is 0 Å². The van der Waals surface area contributed by atoms with Gasteiger partial charge in [-0.05, 0) is 47.0 Å². The Balaban J connectivity index is 2.17. The van der Waals surface area contributed by atoms with Crippen molar-refractivity contribution >= 4 is 49.4 Å². The molecule has 0 aliphatic heterocycles. The Morgan fingerprint density at radius 3 is 2.41 bits per heavy atom. The molecule has 2 N–H and O–H groups in total. The van der Waals surface area contributed by atoms with Gasteiger partial charge in [0.25, 0.3) is 0 Å². The third-order valence-corrected chi connectivity index (χ3v) is 3.92. The molecule has 1 aromatic carbocycles. The number of hydrogen-bond acceptors (Lipinski definition) is 2. The van der Waals surface area contributed by atoms with Crippen LogP contribution in [0.3, 0.4) is 0 Å². The number of nitrogens with one attached hydrogen (secondary N) is 1. The number of halogens is 2. The Morgan fingerprint density at radius 1 is 1.29 bits per heavy atom. The van der Waals surface area contributed by atoms with Crippen molar-refractivity contribution in [2.75, 3.05) is 5.32 Å². The maximum absolute atomic E-state index is 11.9. The fraction of sp³-hybridized carbons (Fsp3) is 0.273. The zero-order chi connectivity index (χ0) is 12.6. The first-order chi connectivity index (χ1) is 7.95. The van der Waals surface area contributed by atoms with Gasteiger partial charge in [-0.25, -0.2) is 0 Å². The summed E-state index contributed by atoms with van der Waals surface area (Å²) in [4.78, 5) is 22.8. The fourth-order valence-electron chi connectivity index (χ4n) is 1.50. The summed E-state index contributed by atoms with van der Waals surface area (Å²) in [7, 11) is 0. The van der Waals surface area contributed by atoms with Crippen LogP contribution in [0.15, 0.2) is 27.1 Å². The lowest BCUT2D eigenvalue weighted by atomic mass is 10.1. The number of aliphatic carboxylic acids is 1. The lowest BCUT2D eigenvalue weighted by molar-refractivity contribution is -0.147. The number of hydrogen-bond donors (Lipinski definition) is 2. The molecule has 2 rings (SSSR count). The van der Waals surface area contributed by atoms with Gasteiger partial charge in [0.2, 0.25) is 5.91 Å². The first-order valence-corrected chi connectivity index (χ1v) is 6.54. The molecule has 17 heavy (non-hydrogen) atoms. The molecular weight excluding hydrogens is 354 g/mol. The highest BCUT2D eigenvalue weighted by Crippen LogP contribution is 2.47. The van der Waals surface area contributed by atoms with E-state index in [0.29, 0.717) is 23.0 Å². The van der Waals surface area contributed by atoms with E-state index in [1.54, 1.807) is 18.2 Å². The summed E-state index contributed by atoms with van der Waals surface area (Å²) in [6.07, 6.45) is 0.810. The van der Waals surface area contributed by atoms with Gasteiger partial charge in [-0.3, -0.25) is 9.59 Å². The van der Waals surface area contributed by atoms with E-state index >= 15 is 0 Å². The zero-order valence-electron chi connectivity index (χ0n) is 8.67. The van der Waals surface area contributed by atoms with E-state index in [1.807, 2.05) is 0 Å². The second kappa shape index (κ2) is 4.42. The highest BCUT2D eigenvalue weighted by Gasteiger charge is 2.57. The fourth-order valence-corrected chi connectivity index (χ4v) is 2.64. The van der Waals surface area contributed by atoms with Crippen molar-refractivity contribution in [1.29, 1.82) is 0 Å². The molecule has 1 aliphatic carbocycles. The van der Waals surface area contributed by atoms with Crippen LogP contribution in [-0.2, 0) is 9.59 Å². The second-order valence-corrected chi connectivity index (χ2v) is 5.74. The molecule has 6 heteroatoms. The Kier molecular flexibility index (Phi) is 3.27. The van der Waals surface area contributed by atoms with Crippen LogP contribution in [-0.4, -0.2) is 17.0 Å². The lowest BCUT2D eigenvalue weighted by Gasteiger charge is -2.12. The smallest absolute Gasteiger partial charge is 0.319 e. The average Bonchev–Trinajstić information content (AvgIpc) is 3.02. The molecule has 0 heterocycles. The molecule has 0 saturated heterocycles. The zero-order valence-corrected chi connectivity index (χ0v) is 11.8. The summed E-state index contributed by atoms with van der Waals surface area (Å²) in [5, 5.41) is 11.6. The lowest BCUT2D eigenvalue weighted by Crippen LogP contribution is -2.31. The topological polar surface area (TPSA) is 66.4 Å². The summed E-state index contributed by atoms with van der Waals surface area (Å²) in [6, 6.07) is 5.28. The summed E-state index contributed by atoms with van der Waals surface area (Å²) in [6.45, 7) is 0. The number of anilines is 1. The average molecular weight is 363 g/mol. The monoisotopic (exact) mass is 361 g/mol. The van der Waals surface area contributed by atoms with Crippen LogP contribution in [0.2, 0.25) is 0 Å². The minimum absolute atomic E-state index is 0.405. The van der Waals surface area contributed by atoms with Crippen LogP contribution in [0.1, 0.15) is 12.8 Å². The summed E-state index contributed by atoms with van der Waals surface area (Å²) < 4.78 is 1.59. The molecule has 1 fully saturated rings. The summed E-state index contributed by atoms with van der Waals surface area (Å²) in [5.41, 5.74) is -0.641. The Morgan fingerprint density at radius 2 is 1.94 bits per heavy atom. The van der Waals surface area contributed by atoms with E-state index in [0.717, 1.165) is 4.47 Å². The first-order valence-electron chi connectivity index (χ1n) is 4.95. The summed E-state index contributed by atoms with van der Waals surface area (Å²) in [5.74, 6) is -1.50. The van der Waals surface area contributed by atoms with E-state index in [2.05, 4.69) is 37.2 Å². The van der Waals surface area contributed by atoms with E-state index in [-0.39, 0.29) is 0 Å². The van der Waals surface area contributed by atoms with Gasteiger partial charge >= 0.3 is 5.97 Å². The van der Waals surface area contributed by atoms with Gasteiger partial charge in [0.1, 0.15) is 5.41 Å². The van der Waals surface area contributed by atoms with Crippen molar-refractivity contribution in [1.82, 2.24) is 0 Å². The van der Waals surface area contributed by atoms with Gasteiger partial charge in [-0.2, -0.15) is 0 Å². The second-order valence-electron chi connectivity index (χ2n) is 3.97. The van der Waals surface area contributed by atoms with Crippen molar-refractivity contribution in [2.45, 2.75) is 12.8 Å². The van der Waals surface area contributed by atoms with Crippen molar-refractivity contribution in [3.05, 3.63) is 27.1 Å². The number of rotatable bonds is 3. The normalized spacial score (nSPS) is 16.4. The van der Waals surface area contributed by atoms with Crippen molar-refractivity contribution in [3.63, 3.8) is 0 Å². The van der Waals surface area contributed by atoms with E-state index in [4.69, 9.17) is 5.11 Å². The number of carbonyl (C=O) groups is 2. The maximum Gasteiger partial charge on any atom is 0.319 e. The van der Waals surface area contributed by atoms with Gasteiger partial charge in [0.15, 0.2) is 0 Å². The molecular formula is C11H9Br2NO3. The Hall–Kier alpha value is -0.880. The van der Waals surface area contributed by atoms with Gasteiger partial charge in [-0.15, -0.1) is 0 Å². The van der Waals surface area contributed by atoms with Crippen LogP contribution in [0, 0.1) is 5.41 Å². The molecule has 1 aromatic rings. The molecule has 0 bridgehead atoms. The largest absolute Gasteiger partial charge is 0.480 e. The van der Waals surface area contributed by atoms with Crippen LogP contribution in [0.5, 0.6) is 0 Å². The quantitative estimate of drug-likeness (QED) is 0.812. The number of carboxylic acid groups (broad SMARTS) is 1. The maximum atomic E-state index is 11.9. The number of carbonyl (C=O) groups excluding carboxylic acids is 1. The highest BCUT2D eigenvalue weighted by molar-refractivity contribution is 9.11. The summed E-state index contributed by atoms with van der Waals surface area (Å²) >= 11 is 6.61. The van der Waals surface area contributed by atoms with Crippen LogP contribution in [0.4, 0.5) is 5.69 Å². The minimum Gasteiger partial charge on any atom is -0.480 e. The van der Waals surface area contributed by atoms with Crippen molar-refractivity contribution in [3.8, 4) is 0 Å². The van der Waals surface area contributed by atoms with Gasteiger partial charge in [-0.1, -0.05) is 15.9 Å². The van der Waals surface area contributed by atoms with Crippen molar-refractivity contribution in [2.24, 2.45) is 5.41 Å². The molecule has 0 unspecified atom stereocenters. The number of amides is 1. The standard InChI is InChI=1S/C11H9Br2NO3/c12-6-1-2-8(7(13)5-6)14-9(15)11(3-4-11)10(16)17/h1-2,5H,3-4H2,(H,14,15)(H,16,17). The highest BCUT2D eigenvalue weighted by atomic mass is 79.9. The molecule has 4 nitrogen and oxygen atoms in total. The molecule has 1 saturated carbocycles. The SMILES string of the molecule is O=C(O)C1(C(=O)Nc2ccc(Br)cc2Br)CC1.